The number of anilines is 1. The first-order valence-corrected chi connectivity index (χ1v) is 5.14. The molecule has 5 heteroatoms. The molecule has 1 N–H and O–H groups in total. The van der Waals surface area contributed by atoms with Gasteiger partial charge in [0.2, 0.25) is 0 Å². The number of carbonyl (C=O) groups excluding carboxylic acids is 2. The Hall–Kier alpha value is -1.36. The smallest absolute Gasteiger partial charge is 0.262 e. The first-order chi connectivity index (χ1) is 7.08. The predicted octanol–water partition coefficient (Wildman–Crippen LogP) is 1.98. The van der Waals surface area contributed by atoms with Crippen LogP contribution in [0.3, 0.4) is 0 Å². The highest BCUT2D eigenvalue weighted by atomic mass is 79.9. The van der Waals surface area contributed by atoms with Crippen molar-refractivity contribution >= 4 is 33.3 Å². The van der Waals surface area contributed by atoms with Crippen molar-refractivity contribution in [1.29, 1.82) is 0 Å². The maximum absolute atomic E-state index is 11.2. The van der Waals surface area contributed by atoms with E-state index in [9.17, 15) is 9.59 Å². The van der Waals surface area contributed by atoms with Crippen LogP contribution in [0.25, 0.3) is 0 Å². The zero-order valence-corrected chi connectivity index (χ0v) is 9.55. The lowest BCUT2D eigenvalue weighted by Gasteiger charge is -2.19. The van der Waals surface area contributed by atoms with Gasteiger partial charge in [-0.1, -0.05) is 0 Å². The molecule has 1 aliphatic rings. The second-order valence-electron chi connectivity index (χ2n) is 3.23. The number of halogens is 1. The van der Waals surface area contributed by atoms with Crippen molar-refractivity contribution in [2.24, 2.45) is 0 Å². The molecule has 2 rings (SSSR count). The second-order valence-corrected chi connectivity index (χ2v) is 4.08. The molecular formula is C10H8BrNO3. The van der Waals surface area contributed by atoms with Crippen LogP contribution in [0.2, 0.25) is 0 Å². The van der Waals surface area contributed by atoms with E-state index >= 15 is 0 Å². The lowest BCUT2D eigenvalue weighted by atomic mass is 10.1. The van der Waals surface area contributed by atoms with Crippen molar-refractivity contribution in [2.75, 3.05) is 11.9 Å². The minimum atomic E-state index is -0.213. The fourth-order valence-electron chi connectivity index (χ4n) is 1.36. The van der Waals surface area contributed by atoms with E-state index in [1.807, 2.05) is 0 Å². The van der Waals surface area contributed by atoms with Crippen LogP contribution in [0.15, 0.2) is 16.6 Å². The van der Waals surface area contributed by atoms with Crippen molar-refractivity contribution < 1.29 is 14.3 Å². The largest absolute Gasteiger partial charge is 0.480 e. The summed E-state index contributed by atoms with van der Waals surface area (Å²) in [6.45, 7) is 1.48. The van der Waals surface area contributed by atoms with Crippen molar-refractivity contribution in [3.05, 3.63) is 22.2 Å². The van der Waals surface area contributed by atoms with Crippen LogP contribution in [0.1, 0.15) is 17.3 Å². The van der Waals surface area contributed by atoms with Crippen LogP contribution in [0.5, 0.6) is 5.75 Å². The minimum Gasteiger partial charge on any atom is -0.480 e. The Labute approximate surface area is 94.7 Å². The maximum Gasteiger partial charge on any atom is 0.262 e. The molecule has 0 saturated carbocycles. The van der Waals surface area contributed by atoms with Gasteiger partial charge in [0.05, 0.1) is 10.2 Å². The number of rotatable bonds is 1. The highest BCUT2D eigenvalue weighted by molar-refractivity contribution is 9.10. The van der Waals surface area contributed by atoms with Gasteiger partial charge in [0.1, 0.15) is 0 Å². The fourth-order valence-corrected chi connectivity index (χ4v) is 1.93. The highest BCUT2D eigenvalue weighted by Crippen LogP contribution is 2.36. The van der Waals surface area contributed by atoms with Gasteiger partial charge in [-0.2, -0.15) is 0 Å². The van der Waals surface area contributed by atoms with Crippen LogP contribution in [0.4, 0.5) is 5.69 Å². The summed E-state index contributed by atoms with van der Waals surface area (Å²) >= 11 is 3.29. The molecule has 1 aromatic rings. The van der Waals surface area contributed by atoms with Gasteiger partial charge in [-0.3, -0.25) is 9.59 Å². The summed E-state index contributed by atoms with van der Waals surface area (Å²) in [4.78, 5) is 22.3. The summed E-state index contributed by atoms with van der Waals surface area (Å²) in [5.41, 5.74) is 1.07. The lowest BCUT2D eigenvalue weighted by Crippen LogP contribution is -2.25. The fraction of sp³-hybridized carbons (Fsp3) is 0.200. The van der Waals surface area contributed by atoms with E-state index < -0.39 is 0 Å². The molecule has 4 nitrogen and oxygen atoms in total. The molecular weight excluding hydrogens is 262 g/mol. The molecule has 0 bridgehead atoms. The second kappa shape index (κ2) is 3.66. The molecule has 1 amide bonds. The quantitative estimate of drug-likeness (QED) is 0.794. The van der Waals surface area contributed by atoms with Crippen LogP contribution in [0, 0.1) is 0 Å². The third-order valence-corrected chi connectivity index (χ3v) is 2.66. The van der Waals surface area contributed by atoms with Crippen LogP contribution < -0.4 is 10.1 Å². The number of carbonyl (C=O) groups is 2. The van der Waals surface area contributed by atoms with Gasteiger partial charge in [0, 0.05) is 5.56 Å². The monoisotopic (exact) mass is 269 g/mol. The van der Waals surface area contributed by atoms with Crippen LogP contribution in [-0.4, -0.2) is 18.3 Å². The van der Waals surface area contributed by atoms with Gasteiger partial charge in [-0.25, -0.2) is 0 Å². The van der Waals surface area contributed by atoms with Crippen LogP contribution >= 0.6 is 15.9 Å². The van der Waals surface area contributed by atoms with E-state index in [0.29, 0.717) is 21.5 Å². The average molecular weight is 270 g/mol. The van der Waals surface area contributed by atoms with Gasteiger partial charge in [0.25, 0.3) is 5.91 Å². The molecule has 0 aromatic heterocycles. The molecule has 0 radical (unpaired) electrons. The third kappa shape index (κ3) is 1.87. The SMILES string of the molecule is CC(=O)c1cc(Br)c2c(c1)NC(=O)CO2. The van der Waals surface area contributed by atoms with Crippen molar-refractivity contribution in [1.82, 2.24) is 0 Å². The predicted molar refractivity (Wildman–Crippen MR) is 58.3 cm³/mol. The Morgan fingerprint density at radius 1 is 1.53 bits per heavy atom. The van der Waals surface area contributed by atoms with Gasteiger partial charge in [-0.05, 0) is 35.0 Å². The first kappa shape index (κ1) is 10.2. The van der Waals surface area contributed by atoms with Crippen molar-refractivity contribution in [3.8, 4) is 5.75 Å². The Balaban J connectivity index is 2.53. The third-order valence-electron chi connectivity index (χ3n) is 2.07. The van der Waals surface area contributed by atoms with E-state index in [1.54, 1.807) is 12.1 Å². The zero-order chi connectivity index (χ0) is 11.0. The molecule has 0 saturated heterocycles. The molecule has 0 fully saturated rings. The summed E-state index contributed by atoms with van der Waals surface area (Å²) in [5.74, 6) is 0.299. The Morgan fingerprint density at radius 3 is 2.93 bits per heavy atom. The molecule has 1 aromatic carbocycles. The summed E-state index contributed by atoms with van der Waals surface area (Å²) in [6, 6.07) is 3.29. The number of Topliss-reactive ketones (excluding diaryl/α,β-unsaturated/α-hetero) is 1. The molecule has 0 aliphatic carbocycles. The Bertz CT molecular complexity index is 456. The molecule has 0 atom stereocenters. The van der Waals surface area contributed by atoms with Crippen molar-refractivity contribution in [2.45, 2.75) is 6.92 Å². The number of hydrogen-bond donors (Lipinski definition) is 1. The van der Waals surface area contributed by atoms with Gasteiger partial charge in [-0.15, -0.1) is 0 Å². The normalized spacial score (nSPS) is 13.9. The van der Waals surface area contributed by atoms with Gasteiger partial charge < -0.3 is 10.1 Å². The Kier molecular flexibility index (Phi) is 2.48. The molecule has 1 aliphatic heterocycles. The molecule has 78 valence electrons. The summed E-state index contributed by atoms with van der Waals surface area (Å²) in [7, 11) is 0. The number of fused-ring (bicyclic) bond motifs is 1. The number of ether oxygens (including phenoxy) is 1. The molecule has 1 heterocycles. The van der Waals surface area contributed by atoms with E-state index in [4.69, 9.17) is 4.74 Å². The van der Waals surface area contributed by atoms with Crippen LogP contribution in [-0.2, 0) is 4.79 Å². The zero-order valence-electron chi connectivity index (χ0n) is 7.96. The van der Waals surface area contributed by atoms with E-state index in [1.165, 1.54) is 6.92 Å². The summed E-state index contributed by atoms with van der Waals surface area (Å²) in [5, 5.41) is 2.65. The standard InChI is InChI=1S/C10H8BrNO3/c1-5(13)6-2-7(11)10-8(3-6)12-9(14)4-15-10/h2-3H,4H2,1H3,(H,12,14). The van der Waals surface area contributed by atoms with E-state index in [-0.39, 0.29) is 18.3 Å². The van der Waals surface area contributed by atoms with E-state index in [0.717, 1.165) is 0 Å². The number of ketones is 1. The first-order valence-electron chi connectivity index (χ1n) is 4.35. The summed E-state index contributed by atoms with van der Waals surface area (Å²) in [6.07, 6.45) is 0. The topological polar surface area (TPSA) is 55.4 Å². The number of amides is 1. The number of nitrogens with one attached hydrogen (secondary N) is 1. The van der Waals surface area contributed by atoms with Gasteiger partial charge >= 0.3 is 0 Å². The molecule has 0 unspecified atom stereocenters. The van der Waals surface area contributed by atoms with E-state index in [2.05, 4.69) is 21.2 Å². The molecule has 15 heavy (non-hydrogen) atoms. The summed E-state index contributed by atoms with van der Waals surface area (Å²) < 4.78 is 5.90. The maximum atomic E-state index is 11.2. The Morgan fingerprint density at radius 2 is 2.27 bits per heavy atom. The number of benzene rings is 1. The average Bonchev–Trinajstić information content (AvgIpc) is 2.16. The molecule has 0 spiro atoms. The van der Waals surface area contributed by atoms with Gasteiger partial charge in [0.15, 0.2) is 18.1 Å². The van der Waals surface area contributed by atoms with Crippen molar-refractivity contribution in [3.63, 3.8) is 0 Å². The lowest BCUT2D eigenvalue weighted by molar-refractivity contribution is -0.118. The number of hydrogen-bond acceptors (Lipinski definition) is 3. The highest BCUT2D eigenvalue weighted by Gasteiger charge is 2.20. The minimum absolute atomic E-state index is 0.00498.